The van der Waals surface area contributed by atoms with E-state index in [4.69, 9.17) is 14.2 Å². The zero-order valence-electron chi connectivity index (χ0n) is 22.9. The fourth-order valence-corrected chi connectivity index (χ4v) is 4.55. The number of benzene rings is 2. The molecule has 1 aliphatic rings. The van der Waals surface area contributed by atoms with Crippen LogP contribution in [0, 0.1) is 0 Å². The Morgan fingerprint density at radius 3 is 2.05 bits per heavy atom. The molecule has 0 spiro atoms. The van der Waals surface area contributed by atoms with Gasteiger partial charge in [0, 0.05) is 25.2 Å². The third-order valence-electron chi connectivity index (χ3n) is 6.59. The van der Waals surface area contributed by atoms with E-state index in [0.717, 1.165) is 35.2 Å². The van der Waals surface area contributed by atoms with Crippen LogP contribution < -0.4 is 24.8 Å². The van der Waals surface area contributed by atoms with Crippen molar-refractivity contribution in [3.05, 3.63) is 47.0 Å². The van der Waals surface area contributed by atoms with Gasteiger partial charge in [0.1, 0.15) is 0 Å². The van der Waals surface area contributed by atoms with Gasteiger partial charge in [0.05, 0.1) is 27.9 Å². The molecule has 1 heterocycles. The Morgan fingerprint density at radius 1 is 0.895 bits per heavy atom. The number of anilines is 1. The van der Waals surface area contributed by atoms with Crippen LogP contribution >= 0.6 is 0 Å². The van der Waals surface area contributed by atoms with E-state index in [2.05, 4.69) is 10.6 Å². The number of rotatable bonds is 11. The molecule has 0 bridgehead atoms. The van der Waals surface area contributed by atoms with Gasteiger partial charge < -0.3 is 24.8 Å². The second-order valence-electron chi connectivity index (χ2n) is 8.89. The molecule has 2 aromatic carbocycles. The lowest BCUT2D eigenvalue weighted by Crippen LogP contribution is -2.50. The minimum absolute atomic E-state index is 0.170. The molecule has 0 unspecified atom stereocenters. The molecule has 0 atom stereocenters. The maximum absolute atomic E-state index is 13.1. The van der Waals surface area contributed by atoms with Crippen molar-refractivity contribution in [2.45, 2.75) is 46.0 Å². The van der Waals surface area contributed by atoms with E-state index in [1.165, 1.54) is 31.3 Å². The number of aryl methyl sites for hydroxylation is 3. The number of nitrogens with one attached hydrogen (secondary N) is 2. The first-order valence-electron chi connectivity index (χ1n) is 12.9. The van der Waals surface area contributed by atoms with Gasteiger partial charge in [-0.25, -0.2) is 14.8 Å². The molecule has 1 saturated heterocycles. The van der Waals surface area contributed by atoms with E-state index in [-0.39, 0.29) is 30.8 Å². The summed E-state index contributed by atoms with van der Waals surface area (Å²) < 4.78 is 16.1. The number of para-hydroxylation sites is 1. The first kappa shape index (κ1) is 28.6. The maximum atomic E-state index is 13.1. The summed E-state index contributed by atoms with van der Waals surface area (Å²) in [5, 5.41) is 8.53. The number of hydrazine groups is 1. The van der Waals surface area contributed by atoms with Crippen molar-refractivity contribution in [1.29, 1.82) is 0 Å². The van der Waals surface area contributed by atoms with E-state index in [0.29, 0.717) is 43.2 Å². The van der Waals surface area contributed by atoms with Crippen LogP contribution in [0.5, 0.6) is 17.2 Å². The van der Waals surface area contributed by atoms with Crippen molar-refractivity contribution in [3.63, 3.8) is 0 Å². The molecule has 0 aliphatic carbocycles. The van der Waals surface area contributed by atoms with Crippen LogP contribution in [0.1, 0.15) is 43.4 Å². The summed E-state index contributed by atoms with van der Waals surface area (Å²) in [4.78, 5) is 38.5. The van der Waals surface area contributed by atoms with E-state index < -0.39 is 0 Å². The average molecular weight is 527 g/mol. The highest BCUT2D eigenvalue weighted by Gasteiger charge is 2.31. The summed E-state index contributed by atoms with van der Waals surface area (Å²) in [6, 6.07) is 9.22. The summed E-state index contributed by atoms with van der Waals surface area (Å²) in [5.74, 6) is 0.900. The third-order valence-corrected chi connectivity index (χ3v) is 6.59. The minimum atomic E-state index is -0.347. The van der Waals surface area contributed by atoms with Gasteiger partial charge in [0.2, 0.25) is 11.7 Å². The highest BCUT2D eigenvalue weighted by molar-refractivity contribution is 5.93. The number of hydrogen-bond acceptors (Lipinski definition) is 6. The number of urea groups is 1. The lowest BCUT2D eigenvalue weighted by atomic mass is 10.0. The van der Waals surface area contributed by atoms with Gasteiger partial charge in [-0.05, 0) is 54.5 Å². The van der Waals surface area contributed by atoms with Crippen LogP contribution in [0.2, 0.25) is 0 Å². The van der Waals surface area contributed by atoms with Crippen LogP contribution in [0.25, 0.3) is 0 Å². The van der Waals surface area contributed by atoms with Crippen molar-refractivity contribution >= 4 is 23.5 Å². The molecule has 2 aromatic rings. The molecule has 0 radical (unpaired) electrons. The lowest BCUT2D eigenvalue weighted by molar-refractivity contribution is -0.140. The van der Waals surface area contributed by atoms with Crippen LogP contribution in [0.3, 0.4) is 0 Å². The van der Waals surface area contributed by atoms with Crippen molar-refractivity contribution in [1.82, 2.24) is 15.3 Å². The van der Waals surface area contributed by atoms with Crippen molar-refractivity contribution in [2.24, 2.45) is 0 Å². The Labute approximate surface area is 224 Å². The molecule has 1 fully saturated rings. The molecule has 38 heavy (non-hydrogen) atoms. The molecule has 3 rings (SSSR count). The smallest absolute Gasteiger partial charge is 0.340 e. The fourth-order valence-electron chi connectivity index (χ4n) is 4.55. The summed E-state index contributed by atoms with van der Waals surface area (Å²) in [6.07, 6.45) is 2.84. The standard InChI is InChI=1S/C28H38N4O6/c1-6-20-10-8-11-21(7-2)26(20)30-28(35)32-15-9-14-31(32)25(34)18-29-24(33)13-12-19-16-22(36-3)27(38-5)23(17-19)37-4/h8,10-11,16-17H,6-7,9,12-15,18H2,1-5H3,(H,29,33)(H,30,35). The number of nitrogens with zero attached hydrogens (tertiary/aromatic N) is 2. The van der Waals surface area contributed by atoms with Crippen LogP contribution in [0.15, 0.2) is 30.3 Å². The van der Waals surface area contributed by atoms with Crippen molar-refractivity contribution < 1.29 is 28.6 Å². The van der Waals surface area contributed by atoms with E-state index >= 15 is 0 Å². The summed E-state index contributed by atoms with van der Waals surface area (Å²) in [6.45, 7) is 4.75. The van der Waals surface area contributed by atoms with E-state index in [1.807, 2.05) is 32.0 Å². The number of carbonyl (C=O) groups is 3. The molecular formula is C28H38N4O6. The predicted octanol–water partition coefficient (Wildman–Crippen LogP) is 3.57. The molecule has 10 heteroatoms. The molecule has 0 aromatic heterocycles. The van der Waals surface area contributed by atoms with Gasteiger partial charge >= 0.3 is 6.03 Å². The molecule has 10 nitrogen and oxygen atoms in total. The fraction of sp³-hybridized carbons (Fsp3) is 0.464. The lowest BCUT2D eigenvalue weighted by Gasteiger charge is -2.29. The Kier molecular flexibility index (Phi) is 10.2. The first-order valence-corrected chi connectivity index (χ1v) is 12.9. The quantitative estimate of drug-likeness (QED) is 0.463. The van der Waals surface area contributed by atoms with Crippen molar-refractivity contribution in [2.75, 3.05) is 46.3 Å². The maximum Gasteiger partial charge on any atom is 0.340 e. The Bertz CT molecular complexity index is 1100. The van der Waals surface area contributed by atoms with Crippen LogP contribution in [-0.4, -0.2) is 68.8 Å². The number of amides is 4. The monoisotopic (exact) mass is 526 g/mol. The largest absolute Gasteiger partial charge is 0.493 e. The topological polar surface area (TPSA) is 109 Å². The Hall–Kier alpha value is -3.95. The average Bonchev–Trinajstić information content (AvgIpc) is 3.44. The number of methoxy groups -OCH3 is 3. The zero-order chi connectivity index (χ0) is 27.7. The molecule has 0 saturated carbocycles. The highest BCUT2D eigenvalue weighted by atomic mass is 16.5. The summed E-state index contributed by atoms with van der Waals surface area (Å²) >= 11 is 0. The number of carbonyl (C=O) groups excluding carboxylic acids is 3. The Balaban J connectivity index is 1.56. The molecule has 2 N–H and O–H groups in total. The highest BCUT2D eigenvalue weighted by Crippen LogP contribution is 2.38. The summed E-state index contributed by atoms with van der Waals surface area (Å²) in [7, 11) is 4.60. The second-order valence-corrected chi connectivity index (χ2v) is 8.89. The predicted molar refractivity (Wildman–Crippen MR) is 145 cm³/mol. The van der Waals surface area contributed by atoms with Crippen LogP contribution in [0.4, 0.5) is 10.5 Å². The third kappa shape index (κ3) is 6.67. The SMILES string of the molecule is CCc1cccc(CC)c1NC(=O)N1CCCN1C(=O)CNC(=O)CCc1cc(OC)c(OC)c(OC)c1. The minimum Gasteiger partial charge on any atom is -0.493 e. The van der Waals surface area contributed by atoms with Gasteiger partial charge in [-0.1, -0.05) is 32.0 Å². The number of ether oxygens (including phenoxy) is 3. The normalized spacial score (nSPS) is 12.8. The van der Waals surface area contributed by atoms with Gasteiger partial charge in [-0.15, -0.1) is 0 Å². The first-order chi connectivity index (χ1) is 18.4. The van der Waals surface area contributed by atoms with Crippen molar-refractivity contribution in [3.8, 4) is 17.2 Å². The molecule has 4 amide bonds. The van der Waals surface area contributed by atoms with E-state index in [9.17, 15) is 14.4 Å². The number of hydrogen-bond donors (Lipinski definition) is 2. The molecule has 206 valence electrons. The van der Waals surface area contributed by atoms with Crippen LogP contribution in [-0.2, 0) is 28.9 Å². The molecular weight excluding hydrogens is 488 g/mol. The second kappa shape index (κ2) is 13.6. The molecule has 1 aliphatic heterocycles. The summed E-state index contributed by atoms with van der Waals surface area (Å²) in [5.41, 5.74) is 3.74. The van der Waals surface area contributed by atoms with Gasteiger partial charge in [0.25, 0.3) is 5.91 Å². The zero-order valence-corrected chi connectivity index (χ0v) is 22.9. The Morgan fingerprint density at radius 2 is 1.50 bits per heavy atom. The van der Waals surface area contributed by atoms with Gasteiger partial charge in [0.15, 0.2) is 11.5 Å². The van der Waals surface area contributed by atoms with Gasteiger partial charge in [-0.2, -0.15) is 0 Å². The van der Waals surface area contributed by atoms with E-state index in [1.54, 1.807) is 12.1 Å². The van der Waals surface area contributed by atoms with Gasteiger partial charge in [-0.3, -0.25) is 9.59 Å².